The predicted molar refractivity (Wildman–Crippen MR) is 105 cm³/mol. The number of anilines is 2. The van der Waals surface area contributed by atoms with Crippen molar-refractivity contribution in [1.29, 1.82) is 0 Å². The zero-order chi connectivity index (χ0) is 18.1. The number of aryl methyl sites for hydroxylation is 1. The fourth-order valence-electron chi connectivity index (χ4n) is 3.26. The lowest BCUT2D eigenvalue weighted by Crippen LogP contribution is -2.50. The Hall–Kier alpha value is -2.73. The van der Waals surface area contributed by atoms with E-state index in [1.165, 1.54) is 0 Å². The molecule has 1 N–H and O–H groups in total. The largest absolute Gasteiger partial charge is 0.339 e. The van der Waals surface area contributed by atoms with Crippen molar-refractivity contribution < 1.29 is 4.79 Å². The van der Waals surface area contributed by atoms with E-state index in [9.17, 15) is 4.79 Å². The lowest BCUT2D eigenvalue weighted by Gasteiger charge is -2.35. The molecule has 1 aliphatic heterocycles. The van der Waals surface area contributed by atoms with Crippen molar-refractivity contribution in [2.24, 2.45) is 7.05 Å². The van der Waals surface area contributed by atoms with Gasteiger partial charge in [0, 0.05) is 43.9 Å². The van der Waals surface area contributed by atoms with E-state index >= 15 is 0 Å². The Bertz CT molecular complexity index is 929. The van der Waals surface area contributed by atoms with Crippen molar-refractivity contribution in [2.45, 2.75) is 0 Å². The third kappa shape index (κ3) is 3.20. The van der Waals surface area contributed by atoms with Gasteiger partial charge >= 0.3 is 6.03 Å². The van der Waals surface area contributed by atoms with Crippen LogP contribution in [0.25, 0.3) is 11.0 Å². The SMILES string of the molecule is Cn1c(N2CCN(C(=O)Nc3ccc(Cl)cc3)CC2)nc2ccccc21. The second-order valence-corrected chi connectivity index (χ2v) is 6.81. The highest BCUT2D eigenvalue weighted by Gasteiger charge is 2.24. The van der Waals surface area contributed by atoms with Gasteiger partial charge in [0.1, 0.15) is 0 Å². The number of aromatic nitrogens is 2. The minimum Gasteiger partial charge on any atom is -0.339 e. The van der Waals surface area contributed by atoms with Gasteiger partial charge in [-0.2, -0.15) is 0 Å². The second kappa shape index (κ2) is 6.88. The number of amides is 2. The zero-order valence-corrected chi connectivity index (χ0v) is 15.3. The van der Waals surface area contributed by atoms with Gasteiger partial charge in [0.25, 0.3) is 0 Å². The number of carbonyl (C=O) groups is 1. The maximum absolute atomic E-state index is 12.4. The minimum atomic E-state index is -0.0861. The molecular weight excluding hydrogens is 350 g/mol. The van der Waals surface area contributed by atoms with E-state index in [2.05, 4.69) is 20.9 Å². The fraction of sp³-hybridized carbons (Fsp3) is 0.263. The van der Waals surface area contributed by atoms with Gasteiger partial charge in [0.15, 0.2) is 0 Å². The van der Waals surface area contributed by atoms with Gasteiger partial charge in [-0.15, -0.1) is 0 Å². The summed E-state index contributed by atoms with van der Waals surface area (Å²) >= 11 is 5.88. The summed E-state index contributed by atoms with van der Waals surface area (Å²) in [6, 6.07) is 15.2. The average molecular weight is 370 g/mol. The first-order valence-corrected chi connectivity index (χ1v) is 8.97. The van der Waals surface area contributed by atoms with Crippen LogP contribution in [-0.4, -0.2) is 46.7 Å². The molecule has 0 unspecified atom stereocenters. The Labute approximate surface area is 157 Å². The highest BCUT2D eigenvalue weighted by molar-refractivity contribution is 6.30. The highest BCUT2D eigenvalue weighted by atomic mass is 35.5. The Kier molecular flexibility index (Phi) is 4.42. The summed E-state index contributed by atoms with van der Waals surface area (Å²) in [6.45, 7) is 2.82. The second-order valence-electron chi connectivity index (χ2n) is 6.37. The molecule has 1 saturated heterocycles. The van der Waals surface area contributed by atoms with Crippen molar-refractivity contribution >= 4 is 40.3 Å². The average Bonchev–Trinajstić information content (AvgIpc) is 3.01. The lowest BCUT2D eigenvalue weighted by molar-refractivity contribution is 0.208. The molecule has 1 aliphatic rings. The molecule has 0 spiro atoms. The molecule has 2 aromatic carbocycles. The Morgan fingerprint density at radius 1 is 1.04 bits per heavy atom. The molecule has 2 amide bonds. The van der Waals surface area contributed by atoms with Crippen molar-refractivity contribution in [3.05, 3.63) is 53.6 Å². The van der Waals surface area contributed by atoms with Gasteiger partial charge in [-0.05, 0) is 36.4 Å². The summed E-state index contributed by atoms with van der Waals surface area (Å²) in [4.78, 5) is 21.2. The molecule has 3 aromatic rings. The monoisotopic (exact) mass is 369 g/mol. The van der Waals surface area contributed by atoms with Crippen molar-refractivity contribution in [1.82, 2.24) is 14.5 Å². The summed E-state index contributed by atoms with van der Waals surface area (Å²) in [7, 11) is 2.03. The molecule has 1 fully saturated rings. The fourth-order valence-corrected chi connectivity index (χ4v) is 3.39. The van der Waals surface area contributed by atoms with Crippen LogP contribution >= 0.6 is 11.6 Å². The number of nitrogens with one attached hydrogen (secondary N) is 1. The molecule has 6 nitrogen and oxygen atoms in total. The van der Waals surface area contributed by atoms with Gasteiger partial charge in [-0.3, -0.25) is 0 Å². The van der Waals surface area contributed by atoms with Crippen molar-refractivity contribution in [3.8, 4) is 0 Å². The van der Waals surface area contributed by atoms with Gasteiger partial charge < -0.3 is 19.7 Å². The molecule has 1 aromatic heterocycles. The van der Waals surface area contributed by atoms with E-state index in [1.807, 2.05) is 30.1 Å². The summed E-state index contributed by atoms with van der Waals surface area (Å²) in [5.74, 6) is 0.948. The summed E-state index contributed by atoms with van der Waals surface area (Å²) in [5, 5.41) is 3.57. The van der Waals surface area contributed by atoms with Crippen molar-refractivity contribution in [3.63, 3.8) is 0 Å². The van der Waals surface area contributed by atoms with E-state index in [0.29, 0.717) is 18.1 Å². The Morgan fingerprint density at radius 3 is 2.42 bits per heavy atom. The first kappa shape index (κ1) is 16.7. The topological polar surface area (TPSA) is 53.4 Å². The number of halogens is 1. The van der Waals surface area contributed by atoms with E-state index in [0.717, 1.165) is 35.8 Å². The first-order chi connectivity index (χ1) is 12.6. The van der Waals surface area contributed by atoms with Crippen LogP contribution in [0.2, 0.25) is 5.02 Å². The lowest BCUT2D eigenvalue weighted by atomic mass is 10.3. The predicted octanol–water partition coefficient (Wildman–Crippen LogP) is 3.58. The molecule has 134 valence electrons. The molecule has 0 atom stereocenters. The molecule has 7 heteroatoms. The van der Waals surface area contributed by atoms with E-state index in [1.54, 1.807) is 24.3 Å². The Morgan fingerprint density at radius 2 is 1.73 bits per heavy atom. The van der Waals surface area contributed by atoms with Crippen LogP contribution in [0.4, 0.5) is 16.4 Å². The molecule has 0 radical (unpaired) electrons. The first-order valence-electron chi connectivity index (χ1n) is 8.60. The number of benzene rings is 2. The summed E-state index contributed by atoms with van der Waals surface area (Å²) in [6.07, 6.45) is 0. The maximum Gasteiger partial charge on any atom is 0.321 e. The van der Waals surface area contributed by atoms with Crippen LogP contribution in [0.1, 0.15) is 0 Å². The number of rotatable bonds is 2. The summed E-state index contributed by atoms with van der Waals surface area (Å²) in [5.41, 5.74) is 2.86. The maximum atomic E-state index is 12.4. The van der Waals surface area contributed by atoms with Gasteiger partial charge in [0.2, 0.25) is 5.95 Å². The standard InChI is InChI=1S/C19H20ClN5O/c1-23-17-5-3-2-4-16(17)22-18(23)24-10-12-25(13-11-24)19(26)21-15-8-6-14(20)7-9-15/h2-9H,10-13H2,1H3,(H,21,26). The van der Waals surface area contributed by atoms with E-state index in [-0.39, 0.29) is 6.03 Å². The van der Waals surface area contributed by atoms with Gasteiger partial charge in [-0.25, -0.2) is 9.78 Å². The molecule has 0 saturated carbocycles. The number of hydrogen-bond donors (Lipinski definition) is 1. The molecule has 2 heterocycles. The van der Waals surface area contributed by atoms with Crippen molar-refractivity contribution in [2.75, 3.05) is 36.4 Å². The summed E-state index contributed by atoms with van der Waals surface area (Å²) < 4.78 is 2.11. The van der Waals surface area contributed by atoms with Crippen LogP contribution in [0, 0.1) is 0 Å². The van der Waals surface area contributed by atoms with E-state index < -0.39 is 0 Å². The van der Waals surface area contributed by atoms with Crippen LogP contribution < -0.4 is 10.2 Å². The number of imidazole rings is 1. The van der Waals surface area contributed by atoms with Gasteiger partial charge in [-0.1, -0.05) is 23.7 Å². The third-order valence-corrected chi connectivity index (χ3v) is 4.96. The molecule has 0 aliphatic carbocycles. The zero-order valence-electron chi connectivity index (χ0n) is 14.5. The number of hydrogen-bond acceptors (Lipinski definition) is 3. The molecule has 0 bridgehead atoms. The number of para-hydroxylation sites is 2. The number of nitrogens with zero attached hydrogens (tertiary/aromatic N) is 4. The molecular formula is C19H20ClN5O. The third-order valence-electron chi connectivity index (χ3n) is 4.71. The van der Waals surface area contributed by atoms with Crippen LogP contribution in [0.15, 0.2) is 48.5 Å². The highest BCUT2D eigenvalue weighted by Crippen LogP contribution is 2.22. The minimum absolute atomic E-state index is 0.0861. The Balaban J connectivity index is 1.41. The van der Waals surface area contributed by atoms with Crippen LogP contribution in [0.5, 0.6) is 0 Å². The molecule has 4 rings (SSSR count). The number of carbonyl (C=O) groups excluding carboxylic acids is 1. The number of fused-ring (bicyclic) bond motifs is 1. The number of urea groups is 1. The smallest absolute Gasteiger partial charge is 0.321 e. The van der Waals surface area contributed by atoms with E-state index in [4.69, 9.17) is 16.6 Å². The molecule has 26 heavy (non-hydrogen) atoms. The normalized spacial score (nSPS) is 14.7. The van der Waals surface area contributed by atoms with Crippen LogP contribution in [0.3, 0.4) is 0 Å². The number of piperazine rings is 1. The van der Waals surface area contributed by atoms with Gasteiger partial charge in [0.05, 0.1) is 11.0 Å². The van der Waals surface area contributed by atoms with Crippen LogP contribution in [-0.2, 0) is 7.05 Å². The quantitative estimate of drug-likeness (QED) is 0.751.